The molecular weight excluding hydrogens is 174 g/mol. The number of aromatic nitrogens is 1. The number of nitrogens with zero attached hydrogens (tertiary/aromatic N) is 1. The zero-order chi connectivity index (χ0) is 10.6. The summed E-state index contributed by atoms with van der Waals surface area (Å²) in [5.74, 6) is 0.621. The van der Waals surface area contributed by atoms with Crippen molar-refractivity contribution in [2.24, 2.45) is 5.92 Å². The van der Waals surface area contributed by atoms with Gasteiger partial charge in [-0.05, 0) is 24.5 Å². The monoisotopic (exact) mass is 193 g/mol. The van der Waals surface area contributed by atoms with Crippen LogP contribution < -0.4 is 5.56 Å². The van der Waals surface area contributed by atoms with Crippen LogP contribution in [0, 0.1) is 12.8 Å². The van der Waals surface area contributed by atoms with E-state index in [1.807, 2.05) is 23.8 Å². The van der Waals surface area contributed by atoms with Gasteiger partial charge in [0.2, 0.25) is 0 Å². The summed E-state index contributed by atoms with van der Waals surface area (Å²) in [6, 6.07) is 3.69. The van der Waals surface area contributed by atoms with Gasteiger partial charge in [0.15, 0.2) is 0 Å². The summed E-state index contributed by atoms with van der Waals surface area (Å²) >= 11 is 0. The minimum atomic E-state index is 0.122. The predicted molar refractivity (Wildman–Crippen MR) is 59.5 cm³/mol. The van der Waals surface area contributed by atoms with Gasteiger partial charge in [-0.25, -0.2) is 0 Å². The zero-order valence-corrected chi connectivity index (χ0v) is 9.29. The maximum atomic E-state index is 11.6. The van der Waals surface area contributed by atoms with Crippen LogP contribution in [0.4, 0.5) is 0 Å². The van der Waals surface area contributed by atoms with Crippen molar-refractivity contribution in [2.45, 2.75) is 40.2 Å². The lowest BCUT2D eigenvalue weighted by molar-refractivity contribution is 0.412. The molecule has 0 aliphatic heterocycles. The third-order valence-corrected chi connectivity index (χ3v) is 2.76. The van der Waals surface area contributed by atoms with E-state index in [9.17, 15) is 4.79 Å². The second kappa shape index (κ2) is 4.99. The summed E-state index contributed by atoms with van der Waals surface area (Å²) in [5.41, 5.74) is 1.16. The topological polar surface area (TPSA) is 22.0 Å². The Labute approximate surface area is 85.6 Å². The van der Waals surface area contributed by atoms with E-state index in [1.54, 1.807) is 6.07 Å². The highest BCUT2D eigenvalue weighted by Crippen LogP contribution is 2.09. The molecule has 1 heterocycles. The largest absolute Gasteiger partial charge is 0.315 e. The fourth-order valence-corrected chi connectivity index (χ4v) is 1.58. The molecule has 0 saturated heterocycles. The number of aryl methyl sites for hydroxylation is 1. The third kappa shape index (κ3) is 2.72. The first-order valence-electron chi connectivity index (χ1n) is 5.34. The molecule has 0 amide bonds. The van der Waals surface area contributed by atoms with Crippen LogP contribution in [-0.4, -0.2) is 4.57 Å². The molecular formula is C12H19NO. The van der Waals surface area contributed by atoms with Gasteiger partial charge in [0.05, 0.1) is 0 Å². The Hall–Kier alpha value is -1.05. The average molecular weight is 193 g/mol. The average Bonchev–Trinajstić information content (AvgIpc) is 2.17. The van der Waals surface area contributed by atoms with E-state index >= 15 is 0 Å². The minimum Gasteiger partial charge on any atom is -0.315 e. The Balaban J connectivity index is 2.81. The van der Waals surface area contributed by atoms with Crippen LogP contribution in [0.25, 0.3) is 0 Å². The van der Waals surface area contributed by atoms with E-state index in [2.05, 4.69) is 13.8 Å². The molecule has 0 unspecified atom stereocenters. The lowest BCUT2D eigenvalue weighted by Gasteiger charge is -2.13. The molecule has 0 fully saturated rings. The van der Waals surface area contributed by atoms with Crippen LogP contribution in [0.15, 0.2) is 23.1 Å². The number of hydrogen-bond acceptors (Lipinski definition) is 1. The van der Waals surface area contributed by atoms with E-state index in [4.69, 9.17) is 0 Å². The maximum absolute atomic E-state index is 11.6. The van der Waals surface area contributed by atoms with Gasteiger partial charge in [-0.3, -0.25) is 4.79 Å². The van der Waals surface area contributed by atoms with Gasteiger partial charge >= 0.3 is 0 Å². The standard InChI is InChI=1S/C12H19NO/c1-4-11(5-2)9-13-7-6-10(3)8-12(13)14/h6-8,11H,4-5,9H2,1-3H3. The van der Waals surface area contributed by atoms with Crippen molar-refractivity contribution in [3.8, 4) is 0 Å². The molecule has 2 heteroatoms. The summed E-state index contributed by atoms with van der Waals surface area (Å²) in [7, 11) is 0. The van der Waals surface area contributed by atoms with Crippen LogP contribution >= 0.6 is 0 Å². The van der Waals surface area contributed by atoms with Gasteiger partial charge in [0.25, 0.3) is 5.56 Å². The van der Waals surface area contributed by atoms with Gasteiger partial charge in [-0.1, -0.05) is 26.7 Å². The van der Waals surface area contributed by atoms with Crippen molar-refractivity contribution < 1.29 is 0 Å². The Bertz CT molecular complexity index is 336. The van der Waals surface area contributed by atoms with Crippen LogP contribution in [0.2, 0.25) is 0 Å². The van der Waals surface area contributed by atoms with E-state index in [0.29, 0.717) is 5.92 Å². The summed E-state index contributed by atoms with van der Waals surface area (Å²) in [5, 5.41) is 0. The highest BCUT2D eigenvalue weighted by Gasteiger charge is 2.05. The minimum absolute atomic E-state index is 0.122. The fourth-order valence-electron chi connectivity index (χ4n) is 1.58. The molecule has 78 valence electrons. The first-order valence-corrected chi connectivity index (χ1v) is 5.34. The first kappa shape index (κ1) is 11.0. The smallest absolute Gasteiger partial charge is 0.250 e. The molecule has 0 spiro atoms. The second-order valence-electron chi connectivity index (χ2n) is 3.88. The molecule has 0 aliphatic carbocycles. The number of pyridine rings is 1. The first-order chi connectivity index (χ1) is 6.67. The highest BCUT2D eigenvalue weighted by atomic mass is 16.1. The van der Waals surface area contributed by atoms with Crippen LogP contribution in [-0.2, 0) is 6.54 Å². The Morgan fingerprint density at radius 2 is 2.00 bits per heavy atom. The summed E-state index contributed by atoms with van der Waals surface area (Å²) in [4.78, 5) is 11.6. The molecule has 1 aromatic rings. The number of rotatable bonds is 4. The van der Waals surface area contributed by atoms with Gasteiger partial charge < -0.3 is 4.57 Å². The normalized spacial score (nSPS) is 10.9. The molecule has 0 atom stereocenters. The van der Waals surface area contributed by atoms with Crippen molar-refractivity contribution in [1.29, 1.82) is 0 Å². The van der Waals surface area contributed by atoms with Gasteiger partial charge in [0.1, 0.15) is 0 Å². The van der Waals surface area contributed by atoms with Crippen molar-refractivity contribution in [3.05, 3.63) is 34.2 Å². The van der Waals surface area contributed by atoms with Crippen LogP contribution in [0.3, 0.4) is 0 Å². The summed E-state index contributed by atoms with van der Waals surface area (Å²) in [6.45, 7) is 7.15. The molecule has 2 nitrogen and oxygen atoms in total. The van der Waals surface area contributed by atoms with Crippen LogP contribution in [0.5, 0.6) is 0 Å². The number of hydrogen-bond donors (Lipinski definition) is 0. The summed E-state index contributed by atoms with van der Waals surface area (Å²) < 4.78 is 1.81. The Morgan fingerprint density at radius 3 is 2.50 bits per heavy atom. The van der Waals surface area contributed by atoms with Crippen molar-refractivity contribution in [2.75, 3.05) is 0 Å². The van der Waals surface area contributed by atoms with E-state index in [0.717, 1.165) is 24.9 Å². The van der Waals surface area contributed by atoms with E-state index < -0.39 is 0 Å². The van der Waals surface area contributed by atoms with Crippen molar-refractivity contribution >= 4 is 0 Å². The summed E-state index contributed by atoms with van der Waals surface area (Å²) in [6.07, 6.45) is 4.17. The zero-order valence-electron chi connectivity index (χ0n) is 9.29. The molecule has 0 aliphatic rings. The molecule has 0 bridgehead atoms. The maximum Gasteiger partial charge on any atom is 0.250 e. The van der Waals surface area contributed by atoms with E-state index in [-0.39, 0.29) is 5.56 Å². The van der Waals surface area contributed by atoms with Crippen molar-refractivity contribution in [1.82, 2.24) is 4.57 Å². The predicted octanol–water partition coefficient (Wildman–Crippen LogP) is 2.59. The molecule has 0 saturated carbocycles. The molecule has 0 aromatic carbocycles. The lowest BCUT2D eigenvalue weighted by atomic mass is 10.0. The molecule has 1 aromatic heterocycles. The Kier molecular flexibility index (Phi) is 3.93. The fraction of sp³-hybridized carbons (Fsp3) is 0.583. The molecule has 14 heavy (non-hydrogen) atoms. The van der Waals surface area contributed by atoms with Gasteiger partial charge in [0, 0.05) is 18.8 Å². The van der Waals surface area contributed by atoms with E-state index in [1.165, 1.54) is 0 Å². The molecule has 0 N–H and O–H groups in total. The molecule has 1 rings (SSSR count). The second-order valence-corrected chi connectivity index (χ2v) is 3.88. The molecule has 0 radical (unpaired) electrons. The lowest BCUT2D eigenvalue weighted by Crippen LogP contribution is -2.22. The van der Waals surface area contributed by atoms with Crippen molar-refractivity contribution in [3.63, 3.8) is 0 Å². The quantitative estimate of drug-likeness (QED) is 0.720. The third-order valence-electron chi connectivity index (χ3n) is 2.76. The van der Waals surface area contributed by atoms with Crippen LogP contribution in [0.1, 0.15) is 32.3 Å². The van der Waals surface area contributed by atoms with Gasteiger partial charge in [-0.15, -0.1) is 0 Å². The van der Waals surface area contributed by atoms with Gasteiger partial charge in [-0.2, -0.15) is 0 Å². The SMILES string of the molecule is CCC(CC)Cn1ccc(C)cc1=O. The Morgan fingerprint density at radius 1 is 1.36 bits per heavy atom. The highest BCUT2D eigenvalue weighted by molar-refractivity contribution is 5.07.